The van der Waals surface area contributed by atoms with Gasteiger partial charge >= 0.3 is 0 Å². The Morgan fingerprint density at radius 2 is 1.71 bits per heavy atom. The number of anilines is 2. The van der Waals surface area contributed by atoms with Crippen molar-refractivity contribution in [3.05, 3.63) is 72.7 Å². The maximum Gasteiger partial charge on any atom is 0.291 e. The van der Waals surface area contributed by atoms with Crippen LogP contribution in [-0.4, -0.2) is 25.0 Å². The first-order valence-electron chi connectivity index (χ1n) is 8.74. The van der Waals surface area contributed by atoms with Gasteiger partial charge in [0, 0.05) is 17.4 Å². The van der Waals surface area contributed by atoms with Crippen molar-refractivity contribution >= 4 is 23.2 Å². The molecule has 0 spiro atoms. The first-order valence-corrected chi connectivity index (χ1v) is 8.74. The van der Waals surface area contributed by atoms with Gasteiger partial charge in [-0.05, 0) is 55.5 Å². The first kappa shape index (κ1) is 19.0. The fraction of sp³-hybridized carbons (Fsp3) is 0.143. The number of carbonyl (C=O) groups is 2. The molecule has 0 saturated heterocycles. The Bertz CT molecular complexity index is 920. The van der Waals surface area contributed by atoms with Crippen LogP contribution >= 0.6 is 0 Å². The van der Waals surface area contributed by atoms with Gasteiger partial charge in [0.25, 0.3) is 11.8 Å². The highest BCUT2D eigenvalue weighted by Crippen LogP contribution is 2.19. The molecule has 0 aliphatic rings. The Labute approximate surface area is 162 Å². The molecule has 0 bridgehead atoms. The molecule has 0 saturated carbocycles. The highest BCUT2D eigenvalue weighted by atomic mass is 16.5. The number of amides is 2. The second kappa shape index (κ2) is 9.27. The van der Waals surface area contributed by atoms with Gasteiger partial charge in [-0.3, -0.25) is 9.59 Å². The van der Waals surface area contributed by atoms with E-state index in [1.165, 1.54) is 6.26 Å². The zero-order chi connectivity index (χ0) is 19.8. The predicted octanol–water partition coefficient (Wildman–Crippen LogP) is 3.95. The number of hydrogen-bond donors (Lipinski definition) is 2. The van der Waals surface area contributed by atoms with Crippen molar-refractivity contribution in [2.45, 2.75) is 6.92 Å². The van der Waals surface area contributed by atoms with E-state index < -0.39 is 0 Å². The van der Waals surface area contributed by atoms with Crippen LogP contribution in [0.15, 0.2) is 71.3 Å². The average Bonchev–Trinajstić information content (AvgIpc) is 3.24. The fourth-order valence-corrected chi connectivity index (χ4v) is 2.41. The van der Waals surface area contributed by atoms with E-state index >= 15 is 0 Å². The van der Waals surface area contributed by atoms with Crippen LogP contribution in [0.3, 0.4) is 0 Å². The van der Waals surface area contributed by atoms with Crippen LogP contribution in [0, 0.1) is 0 Å². The van der Waals surface area contributed by atoms with E-state index in [9.17, 15) is 9.59 Å². The van der Waals surface area contributed by atoms with Crippen LogP contribution in [0.25, 0.3) is 0 Å². The van der Waals surface area contributed by atoms with Crippen LogP contribution in [0.4, 0.5) is 11.4 Å². The summed E-state index contributed by atoms with van der Waals surface area (Å²) in [7, 11) is 0. The van der Waals surface area contributed by atoms with Crippen molar-refractivity contribution in [1.29, 1.82) is 0 Å². The minimum Gasteiger partial charge on any atom is -0.494 e. The molecular weight excluding hydrogens is 360 g/mol. The van der Waals surface area contributed by atoms with Crippen molar-refractivity contribution in [3.63, 3.8) is 0 Å². The molecule has 7 heteroatoms. The van der Waals surface area contributed by atoms with E-state index in [1.54, 1.807) is 60.7 Å². The third-order valence-corrected chi connectivity index (χ3v) is 3.66. The Morgan fingerprint density at radius 3 is 2.43 bits per heavy atom. The second-order valence-electron chi connectivity index (χ2n) is 5.75. The highest BCUT2D eigenvalue weighted by Gasteiger charge is 2.10. The molecule has 2 N–H and O–H groups in total. The Kier molecular flexibility index (Phi) is 6.30. The molecule has 1 aromatic heterocycles. The number of rotatable bonds is 8. The molecule has 1 heterocycles. The topological polar surface area (TPSA) is 89.8 Å². The van der Waals surface area contributed by atoms with E-state index in [0.29, 0.717) is 23.7 Å². The molecule has 3 aromatic rings. The number of carbonyl (C=O) groups excluding carboxylic acids is 2. The van der Waals surface area contributed by atoms with Gasteiger partial charge in [-0.25, -0.2) is 0 Å². The van der Waals surface area contributed by atoms with Gasteiger partial charge in [-0.1, -0.05) is 6.07 Å². The molecule has 2 aromatic carbocycles. The van der Waals surface area contributed by atoms with Crippen LogP contribution < -0.4 is 20.1 Å². The molecule has 2 amide bonds. The second-order valence-corrected chi connectivity index (χ2v) is 5.75. The third-order valence-electron chi connectivity index (χ3n) is 3.66. The highest BCUT2D eigenvalue weighted by molar-refractivity contribution is 6.02. The number of furan rings is 1. The molecule has 0 atom stereocenters. The van der Waals surface area contributed by atoms with Gasteiger partial charge in [-0.2, -0.15) is 0 Å². The van der Waals surface area contributed by atoms with Crippen molar-refractivity contribution in [2.24, 2.45) is 0 Å². The summed E-state index contributed by atoms with van der Waals surface area (Å²) in [4.78, 5) is 24.1. The zero-order valence-corrected chi connectivity index (χ0v) is 15.3. The maximum atomic E-state index is 12.1. The summed E-state index contributed by atoms with van der Waals surface area (Å²) in [5, 5.41) is 5.45. The lowest BCUT2D eigenvalue weighted by atomic mass is 10.3. The van der Waals surface area contributed by atoms with E-state index in [1.807, 2.05) is 6.92 Å². The first-order chi connectivity index (χ1) is 13.6. The molecule has 0 fully saturated rings. The molecule has 144 valence electrons. The summed E-state index contributed by atoms with van der Waals surface area (Å²) in [6.45, 7) is 2.33. The summed E-state index contributed by atoms with van der Waals surface area (Å²) in [5.74, 6) is 0.745. The molecule has 28 heavy (non-hydrogen) atoms. The van der Waals surface area contributed by atoms with Gasteiger partial charge in [0.05, 0.1) is 12.9 Å². The Balaban J connectivity index is 1.51. The zero-order valence-electron chi connectivity index (χ0n) is 15.3. The average molecular weight is 380 g/mol. The fourth-order valence-electron chi connectivity index (χ4n) is 2.41. The molecule has 7 nitrogen and oxygen atoms in total. The quantitative estimate of drug-likeness (QED) is 0.618. The van der Waals surface area contributed by atoms with Gasteiger partial charge in [0.1, 0.15) is 11.5 Å². The lowest BCUT2D eigenvalue weighted by Gasteiger charge is -2.10. The minimum atomic E-state index is -0.365. The van der Waals surface area contributed by atoms with Crippen LogP contribution in [0.1, 0.15) is 17.5 Å². The molecule has 3 rings (SSSR count). The van der Waals surface area contributed by atoms with E-state index in [-0.39, 0.29) is 24.2 Å². The molecular formula is C21H20N2O5. The van der Waals surface area contributed by atoms with Gasteiger partial charge in [0.2, 0.25) is 0 Å². The summed E-state index contributed by atoms with van der Waals surface area (Å²) >= 11 is 0. The van der Waals surface area contributed by atoms with Gasteiger partial charge in [-0.15, -0.1) is 0 Å². The van der Waals surface area contributed by atoms with Crippen molar-refractivity contribution < 1.29 is 23.5 Å². The van der Waals surface area contributed by atoms with Crippen molar-refractivity contribution in [2.75, 3.05) is 23.8 Å². The van der Waals surface area contributed by atoms with Crippen molar-refractivity contribution in [1.82, 2.24) is 0 Å². The lowest BCUT2D eigenvalue weighted by molar-refractivity contribution is -0.118. The monoisotopic (exact) mass is 380 g/mol. The lowest BCUT2D eigenvalue weighted by Crippen LogP contribution is -2.20. The number of nitrogens with one attached hydrogen (secondary N) is 2. The van der Waals surface area contributed by atoms with Crippen LogP contribution in [0.2, 0.25) is 0 Å². The molecule has 0 unspecified atom stereocenters. The van der Waals surface area contributed by atoms with Crippen LogP contribution in [0.5, 0.6) is 11.5 Å². The van der Waals surface area contributed by atoms with Crippen LogP contribution in [-0.2, 0) is 4.79 Å². The van der Waals surface area contributed by atoms with Crippen molar-refractivity contribution in [3.8, 4) is 11.5 Å². The normalized spacial score (nSPS) is 10.2. The van der Waals surface area contributed by atoms with E-state index in [4.69, 9.17) is 13.9 Å². The predicted molar refractivity (Wildman–Crippen MR) is 105 cm³/mol. The summed E-state index contributed by atoms with van der Waals surface area (Å²) in [6.07, 6.45) is 1.43. The standard InChI is InChI=1S/C21H20N2O5/c1-2-26-17-10-8-15(9-11-17)22-20(24)14-28-18-6-3-5-16(13-18)23-21(25)19-7-4-12-27-19/h3-13H,2,14H2,1H3,(H,22,24)(H,23,25). The smallest absolute Gasteiger partial charge is 0.291 e. The number of ether oxygens (including phenoxy) is 2. The van der Waals surface area contributed by atoms with E-state index in [2.05, 4.69) is 10.6 Å². The molecule has 0 aliphatic heterocycles. The SMILES string of the molecule is CCOc1ccc(NC(=O)COc2cccc(NC(=O)c3ccco3)c2)cc1. The Morgan fingerprint density at radius 1 is 0.893 bits per heavy atom. The van der Waals surface area contributed by atoms with Gasteiger partial charge in [0.15, 0.2) is 12.4 Å². The minimum absolute atomic E-state index is 0.164. The Hall–Kier alpha value is -3.74. The summed E-state index contributed by atoms with van der Waals surface area (Å²) in [5.41, 5.74) is 1.18. The molecule has 0 radical (unpaired) electrons. The number of benzene rings is 2. The van der Waals surface area contributed by atoms with Gasteiger partial charge < -0.3 is 24.5 Å². The summed E-state index contributed by atoms with van der Waals surface area (Å²) in [6, 6.07) is 17.1. The maximum absolute atomic E-state index is 12.1. The third kappa shape index (κ3) is 5.38. The largest absolute Gasteiger partial charge is 0.494 e. The molecule has 0 aliphatic carbocycles. The van der Waals surface area contributed by atoms with E-state index in [0.717, 1.165) is 5.75 Å². The summed E-state index contributed by atoms with van der Waals surface area (Å²) < 4.78 is 15.9. The number of hydrogen-bond acceptors (Lipinski definition) is 5.